The maximum atomic E-state index is 12.7. The van der Waals surface area contributed by atoms with E-state index < -0.39 is 5.41 Å². The van der Waals surface area contributed by atoms with E-state index in [-0.39, 0.29) is 11.8 Å². The largest absolute Gasteiger partial charge is 0.351 e. The Morgan fingerprint density at radius 2 is 1.40 bits per heavy atom. The zero-order valence-electron chi connectivity index (χ0n) is 15.6. The van der Waals surface area contributed by atoms with Crippen LogP contribution in [0.3, 0.4) is 0 Å². The fourth-order valence-electron chi connectivity index (χ4n) is 2.59. The molecule has 0 atom stereocenters. The molecule has 4 nitrogen and oxygen atoms in total. The van der Waals surface area contributed by atoms with Crippen molar-refractivity contribution in [3.8, 4) is 0 Å². The summed E-state index contributed by atoms with van der Waals surface area (Å²) in [6.45, 7) is 9.57. The Labute approximate surface area is 149 Å². The SMILES string of the molecule is Cc1ccccc1CNC(=O)C(C)(C)C(=O)Nc1c(C)cccc1C. The van der Waals surface area contributed by atoms with Gasteiger partial charge in [0.05, 0.1) is 0 Å². The summed E-state index contributed by atoms with van der Waals surface area (Å²) in [4.78, 5) is 25.3. The predicted octanol–water partition coefficient (Wildman–Crippen LogP) is 3.89. The number of hydrogen-bond acceptors (Lipinski definition) is 2. The van der Waals surface area contributed by atoms with Crippen LogP contribution in [0.25, 0.3) is 0 Å². The normalized spacial score (nSPS) is 11.1. The molecule has 4 heteroatoms. The highest BCUT2D eigenvalue weighted by molar-refractivity contribution is 6.10. The van der Waals surface area contributed by atoms with E-state index in [4.69, 9.17) is 0 Å². The molecule has 0 saturated heterocycles. The maximum Gasteiger partial charge on any atom is 0.239 e. The lowest BCUT2D eigenvalue weighted by molar-refractivity contribution is -0.138. The smallest absolute Gasteiger partial charge is 0.239 e. The number of amides is 2. The first-order valence-electron chi connectivity index (χ1n) is 8.44. The summed E-state index contributed by atoms with van der Waals surface area (Å²) in [6.07, 6.45) is 0. The van der Waals surface area contributed by atoms with Crippen LogP contribution in [0.4, 0.5) is 5.69 Å². The van der Waals surface area contributed by atoms with Crippen molar-refractivity contribution in [3.05, 3.63) is 64.7 Å². The van der Waals surface area contributed by atoms with Crippen LogP contribution >= 0.6 is 0 Å². The summed E-state index contributed by atoms with van der Waals surface area (Å²) in [6, 6.07) is 13.7. The summed E-state index contributed by atoms with van der Waals surface area (Å²) in [5, 5.41) is 5.79. The number of benzene rings is 2. The van der Waals surface area contributed by atoms with Crippen molar-refractivity contribution in [1.82, 2.24) is 5.32 Å². The van der Waals surface area contributed by atoms with Crippen molar-refractivity contribution < 1.29 is 9.59 Å². The quantitative estimate of drug-likeness (QED) is 0.813. The first kappa shape index (κ1) is 18.7. The fourth-order valence-corrected chi connectivity index (χ4v) is 2.59. The molecule has 2 amide bonds. The number of hydrogen-bond donors (Lipinski definition) is 2. The molecule has 2 N–H and O–H groups in total. The maximum absolute atomic E-state index is 12.7. The van der Waals surface area contributed by atoms with Crippen LogP contribution in [-0.4, -0.2) is 11.8 Å². The Morgan fingerprint density at radius 1 is 0.840 bits per heavy atom. The molecule has 0 aromatic heterocycles. The van der Waals surface area contributed by atoms with Crippen LogP contribution in [0.1, 0.15) is 36.1 Å². The van der Waals surface area contributed by atoms with E-state index in [0.29, 0.717) is 6.54 Å². The molecule has 0 fully saturated rings. The minimum atomic E-state index is -1.17. The molecule has 0 bridgehead atoms. The minimum Gasteiger partial charge on any atom is -0.351 e. The lowest BCUT2D eigenvalue weighted by atomic mass is 9.90. The Kier molecular flexibility index (Phi) is 5.62. The van der Waals surface area contributed by atoms with Crippen molar-refractivity contribution in [1.29, 1.82) is 0 Å². The van der Waals surface area contributed by atoms with E-state index in [1.807, 2.05) is 63.2 Å². The predicted molar refractivity (Wildman–Crippen MR) is 101 cm³/mol. The van der Waals surface area contributed by atoms with Crippen molar-refractivity contribution in [2.24, 2.45) is 5.41 Å². The standard InChI is InChI=1S/C21H26N2O2/c1-14-9-6-7-12-17(14)13-22-19(24)21(4,5)20(25)23-18-15(2)10-8-11-16(18)3/h6-12H,13H2,1-5H3,(H,22,24)(H,23,25). The molecule has 0 aliphatic rings. The first-order valence-corrected chi connectivity index (χ1v) is 8.44. The van der Waals surface area contributed by atoms with Crippen molar-refractivity contribution >= 4 is 17.5 Å². The molecule has 2 aromatic rings. The lowest BCUT2D eigenvalue weighted by Gasteiger charge is -2.24. The molecule has 0 heterocycles. The van der Waals surface area contributed by atoms with Crippen LogP contribution in [0.15, 0.2) is 42.5 Å². The molecule has 0 spiro atoms. The van der Waals surface area contributed by atoms with Crippen LogP contribution in [0.5, 0.6) is 0 Å². The number of aryl methyl sites for hydroxylation is 3. The Hall–Kier alpha value is -2.62. The monoisotopic (exact) mass is 338 g/mol. The summed E-state index contributed by atoms with van der Waals surface area (Å²) < 4.78 is 0. The van der Waals surface area contributed by atoms with E-state index in [1.54, 1.807) is 13.8 Å². The highest BCUT2D eigenvalue weighted by Crippen LogP contribution is 2.24. The van der Waals surface area contributed by atoms with Gasteiger partial charge in [-0.05, 0) is 56.9 Å². The van der Waals surface area contributed by atoms with E-state index in [2.05, 4.69) is 10.6 Å². The lowest BCUT2D eigenvalue weighted by Crippen LogP contribution is -2.45. The summed E-state index contributed by atoms with van der Waals surface area (Å²) in [5.74, 6) is -0.605. The number of rotatable bonds is 5. The van der Waals surface area contributed by atoms with Gasteiger partial charge in [-0.25, -0.2) is 0 Å². The molecule has 0 aliphatic heterocycles. The number of nitrogens with one attached hydrogen (secondary N) is 2. The highest BCUT2D eigenvalue weighted by atomic mass is 16.2. The molecule has 0 saturated carbocycles. The summed E-state index contributed by atoms with van der Waals surface area (Å²) in [7, 11) is 0. The minimum absolute atomic E-state index is 0.292. The molecule has 0 aliphatic carbocycles. The van der Waals surface area contributed by atoms with Gasteiger partial charge >= 0.3 is 0 Å². The molecular weight excluding hydrogens is 312 g/mol. The third-order valence-corrected chi connectivity index (χ3v) is 4.56. The second-order valence-electron chi connectivity index (χ2n) is 6.96. The number of anilines is 1. The van der Waals surface area contributed by atoms with Gasteiger partial charge in [-0.2, -0.15) is 0 Å². The van der Waals surface area contributed by atoms with E-state index >= 15 is 0 Å². The summed E-state index contributed by atoms with van der Waals surface area (Å²) >= 11 is 0. The second-order valence-corrected chi connectivity index (χ2v) is 6.96. The van der Waals surface area contributed by atoms with Gasteiger partial charge in [-0.3, -0.25) is 9.59 Å². The second kappa shape index (κ2) is 7.51. The molecule has 25 heavy (non-hydrogen) atoms. The molecule has 2 rings (SSSR count). The first-order chi connectivity index (χ1) is 11.7. The topological polar surface area (TPSA) is 58.2 Å². The molecule has 0 unspecified atom stereocenters. The Bertz CT molecular complexity index is 774. The average molecular weight is 338 g/mol. The highest BCUT2D eigenvalue weighted by Gasteiger charge is 2.36. The van der Waals surface area contributed by atoms with Crippen LogP contribution in [0, 0.1) is 26.2 Å². The fraction of sp³-hybridized carbons (Fsp3) is 0.333. The average Bonchev–Trinajstić information content (AvgIpc) is 2.57. The van der Waals surface area contributed by atoms with Gasteiger partial charge in [0.15, 0.2) is 0 Å². The van der Waals surface area contributed by atoms with Gasteiger partial charge in [0.2, 0.25) is 11.8 Å². The Balaban J connectivity index is 2.07. The molecule has 0 radical (unpaired) electrons. The molecular formula is C21H26N2O2. The van der Waals surface area contributed by atoms with Crippen molar-refractivity contribution in [3.63, 3.8) is 0 Å². The van der Waals surface area contributed by atoms with Gasteiger partial charge < -0.3 is 10.6 Å². The molecule has 132 valence electrons. The van der Waals surface area contributed by atoms with Crippen molar-refractivity contribution in [2.75, 3.05) is 5.32 Å². The van der Waals surface area contributed by atoms with Gasteiger partial charge in [-0.1, -0.05) is 42.5 Å². The van der Waals surface area contributed by atoms with Gasteiger partial charge in [0, 0.05) is 12.2 Å². The Morgan fingerprint density at radius 3 is 2.00 bits per heavy atom. The number of carbonyl (C=O) groups excluding carboxylic acids is 2. The van der Waals surface area contributed by atoms with E-state index in [1.165, 1.54) is 0 Å². The zero-order valence-corrected chi connectivity index (χ0v) is 15.6. The van der Waals surface area contributed by atoms with Crippen LogP contribution in [-0.2, 0) is 16.1 Å². The number of carbonyl (C=O) groups is 2. The van der Waals surface area contributed by atoms with Crippen LogP contribution in [0.2, 0.25) is 0 Å². The molecule has 2 aromatic carbocycles. The van der Waals surface area contributed by atoms with Gasteiger partial charge in [0.1, 0.15) is 5.41 Å². The third-order valence-electron chi connectivity index (χ3n) is 4.56. The van der Waals surface area contributed by atoms with E-state index in [9.17, 15) is 9.59 Å². The zero-order chi connectivity index (χ0) is 18.6. The van der Waals surface area contributed by atoms with E-state index in [0.717, 1.165) is 27.9 Å². The summed E-state index contributed by atoms with van der Waals surface area (Å²) in [5.41, 5.74) is 3.71. The van der Waals surface area contributed by atoms with Crippen molar-refractivity contribution in [2.45, 2.75) is 41.2 Å². The van der Waals surface area contributed by atoms with Crippen LogP contribution < -0.4 is 10.6 Å². The van der Waals surface area contributed by atoms with Gasteiger partial charge in [-0.15, -0.1) is 0 Å². The number of para-hydroxylation sites is 1. The third kappa shape index (κ3) is 4.27. The van der Waals surface area contributed by atoms with Gasteiger partial charge in [0.25, 0.3) is 0 Å².